The van der Waals surface area contributed by atoms with Gasteiger partial charge < -0.3 is 15.5 Å². The fraction of sp³-hybridized carbons (Fsp3) is 0.650. The molecule has 2 rings (SSSR count). The molecule has 1 heterocycles. The second kappa shape index (κ2) is 10.5. The minimum Gasteiger partial charge on any atom is -0.357 e. The van der Waals surface area contributed by atoms with Gasteiger partial charge in [-0.15, -0.1) is 0 Å². The Morgan fingerprint density at radius 1 is 1.19 bits per heavy atom. The largest absolute Gasteiger partial charge is 0.357 e. The average molecular weight is 364 g/mol. The lowest BCUT2D eigenvalue weighted by molar-refractivity contribution is 0.0900. The van der Waals surface area contributed by atoms with E-state index in [9.17, 15) is 4.39 Å². The van der Waals surface area contributed by atoms with E-state index in [1.807, 2.05) is 6.07 Å². The SMILES string of the molecule is CCNC(=NCc1cccc(F)c1)NCC(C(C)C)N1CCN(C)CC1. The number of benzene rings is 1. The number of likely N-dealkylation sites (N-methyl/N-ethyl adjacent to an activating group) is 1. The van der Waals surface area contributed by atoms with Crippen LogP contribution in [0.4, 0.5) is 4.39 Å². The Morgan fingerprint density at radius 2 is 1.92 bits per heavy atom. The molecule has 1 unspecified atom stereocenters. The number of hydrogen-bond donors (Lipinski definition) is 2. The van der Waals surface area contributed by atoms with E-state index in [2.05, 4.69) is 53.2 Å². The molecule has 0 spiro atoms. The maximum absolute atomic E-state index is 13.3. The van der Waals surface area contributed by atoms with Gasteiger partial charge in [-0.2, -0.15) is 0 Å². The van der Waals surface area contributed by atoms with Crippen LogP contribution >= 0.6 is 0 Å². The number of nitrogens with one attached hydrogen (secondary N) is 2. The first-order chi connectivity index (χ1) is 12.5. The van der Waals surface area contributed by atoms with E-state index < -0.39 is 0 Å². The van der Waals surface area contributed by atoms with Crippen LogP contribution < -0.4 is 10.6 Å². The highest BCUT2D eigenvalue weighted by Gasteiger charge is 2.25. The summed E-state index contributed by atoms with van der Waals surface area (Å²) in [6, 6.07) is 7.09. The van der Waals surface area contributed by atoms with Crippen molar-refractivity contribution < 1.29 is 4.39 Å². The maximum Gasteiger partial charge on any atom is 0.191 e. The molecule has 0 saturated carbocycles. The summed E-state index contributed by atoms with van der Waals surface area (Å²) in [7, 11) is 2.18. The van der Waals surface area contributed by atoms with Crippen molar-refractivity contribution in [2.75, 3.05) is 46.3 Å². The molecule has 2 N–H and O–H groups in total. The first-order valence-electron chi connectivity index (χ1n) is 9.68. The number of guanidine groups is 1. The number of hydrogen-bond acceptors (Lipinski definition) is 3. The van der Waals surface area contributed by atoms with Gasteiger partial charge in [-0.3, -0.25) is 4.90 Å². The zero-order chi connectivity index (χ0) is 18.9. The van der Waals surface area contributed by atoms with Crippen molar-refractivity contribution >= 4 is 5.96 Å². The van der Waals surface area contributed by atoms with E-state index >= 15 is 0 Å². The second-order valence-corrected chi connectivity index (χ2v) is 7.36. The third-order valence-corrected chi connectivity index (χ3v) is 4.91. The lowest BCUT2D eigenvalue weighted by Crippen LogP contribution is -2.55. The van der Waals surface area contributed by atoms with Crippen molar-refractivity contribution in [3.05, 3.63) is 35.6 Å². The Balaban J connectivity index is 1.95. The van der Waals surface area contributed by atoms with Gasteiger partial charge in [0.15, 0.2) is 5.96 Å². The van der Waals surface area contributed by atoms with Gasteiger partial charge in [0.25, 0.3) is 0 Å². The van der Waals surface area contributed by atoms with Gasteiger partial charge in [0, 0.05) is 45.3 Å². The lowest BCUT2D eigenvalue weighted by Gasteiger charge is -2.40. The van der Waals surface area contributed by atoms with E-state index in [4.69, 9.17) is 0 Å². The molecule has 0 radical (unpaired) electrons. The van der Waals surface area contributed by atoms with Crippen molar-refractivity contribution in [2.24, 2.45) is 10.9 Å². The number of piperazine rings is 1. The molecule has 1 aliphatic rings. The van der Waals surface area contributed by atoms with E-state index in [1.54, 1.807) is 6.07 Å². The van der Waals surface area contributed by atoms with Crippen LogP contribution in [0.5, 0.6) is 0 Å². The molecule has 1 atom stereocenters. The predicted octanol–water partition coefficient (Wildman–Crippen LogP) is 2.15. The summed E-state index contributed by atoms with van der Waals surface area (Å²) in [5, 5.41) is 6.78. The van der Waals surface area contributed by atoms with Crippen LogP contribution in [-0.4, -0.2) is 68.1 Å². The van der Waals surface area contributed by atoms with Crippen molar-refractivity contribution in [1.29, 1.82) is 0 Å². The number of aliphatic imine (C=N–C) groups is 1. The van der Waals surface area contributed by atoms with Crippen LogP contribution in [0.3, 0.4) is 0 Å². The highest BCUT2D eigenvalue weighted by molar-refractivity contribution is 5.79. The minimum absolute atomic E-state index is 0.217. The van der Waals surface area contributed by atoms with Gasteiger partial charge in [-0.25, -0.2) is 9.38 Å². The van der Waals surface area contributed by atoms with Crippen LogP contribution in [0.15, 0.2) is 29.3 Å². The van der Waals surface area contributed by atoms with Gasteiger partial charge in [0.05, 0.1) is 6.54 Å². The van der Waals surface area contributed by atoms with Gasteiger partial charge in [-0.1, -0.05) is 26.0 Å². The summed E-state index contributed by atoms with van der Waals surface area (Å²) in [6.07, 6.45) is 0. The molecule has 0 amide bonds. The Hall–Kier alpha value is -1.66. The van der Waals surface area contributed by atoms with Crippen molar-refractivity contribution in [2.45, 2.75) is 33.4 Å². The smallest absolute Gasteiger partial charge is 0.191 e. The molecule has 1 aromatic rings. The van der Waals surface area contributed by atoms with Crippen LogP contribution in [-0.2, 0) is 6.54 Å². The van der Waals surface area contributed by atoms with Crippen LogP contribution in [0.25, 0.3) is 0 Å². The fourth-order valence-corrected chi connectivity index (χ4v) is 3.29. The molecule has 1 fully saturated rings. The first kappa shape index (κ1) is 20.6. The molecule has 0 aliphatic carbocycles. The number of rotatable bonds is 7. The fourth-order valence-electron chi connectivity index (χ4n) is 3.29. The monoisotopic (exact) mass is 363 g/mol. The molecule has 26 heavy (non-hydrogen) atoms. The third kappa shape index (κ3) is 6.57. The molecular formula is C20H34FN5. The van der Waals surface area contributed by atoms with Crippen molar-refractivity contribution in [3.63, 3.8) is 0 Å². The molecule has 1 aliphatic heterocycles. The highest BCUT2D eigenvalue weighted by atomic mass is 19.1. The Bertz CT molecular complexity index is 567. The second-order valence-electron chi connectivity index (χ2n) is 7.36. The number of halogens is 1. The van der Waals surface area contributed by atoms with Crippen LogP contribution in [0, 0.1) is 11.7 Å². The molecule has 1 aromatic carbocycles. The van der Waals surface area contributed by atoms with E-state index in [0.29, 0.717) is 18.5 Å². The summed E-state index contributed by atoms with van der Waals surface area (Å²) < 4.78 is 13.3. The van der Waals surface area contributed by atoms with E-state index in [1.165, 1.54) is 12.1 Å². The van der Waals surface area contributed by atoms with E-state index in [0.717, 1.165) is 50.8 Å². The first-order valence-corrected chi connectivity index (χ1v) is 9.68. The molecule has 146 valence electrons. The summed E-state index contributed by atoms with van der Waals surface area (Å²) >= 11 is 0. The highest BCUT2D eigenvalue weighted by Crippen LogP contribution is 2.13. The van der Waals surface area contributed by atoms with Gasteiger partial charge in [-0.05, 0) is 37.6 Å². The Morgan fingerprint density at radius 3 is 2.54 bits per heavy atom. The molecule has 0 bridgehead atoms. The third-order valence-electron chi connectivity index (χ3n) is 4.91. The number of nitrogens with zero attached hydrogens (tertiary/aromatic N) is 3. The topological polar surface area (TPSA) is 42.9 Å². The summed E-state index contributed by atoms with van der Waals surface area (Å²) in [5.74, 6) is 1.14. The summed E-state index contributed by atoms with van der Waals surface area (Å²) in [4.78, 5) is 9.57. The standard InChI is InChI=1S/C20H34FN5/c1-5-22-20(23-14-17-7-6-8-18(21)13-17)24-15-19(16(2)3)26-11-9-25(4)10-12-26/h6-8,13,16,19H,5,9-12,14-15H2,1-4H3,(H2,22,23,24). The predicted molar refractivity (Wildman–Crippen MR) is 107 cm³/mol. The van der Waals surface area contributed by atoms with Gasteiger partial charge in [0.1, 0.15) is 5.82 Å². The minimum atomic E-state index is -0.217. The van der Waals surface area contributed by atoms with Gasteiger partial charge in [0.2, 0.25) is 0 Å². The molecular weight excluding hydrogens is 329 g/mol. The zero-order valence-corrected chi connectivity index (χ0v) is 16.6. The maximum atomic E-state index is 13.3. The van der Waals surface area contributed by atoms with Crippen molar-refractivity contribution in [3.8, 4) is 0 Å². The van der Waals surface area contributed by atoms with Crippen LogP contribution in [0.2, 0.25) is 0 Å². The molecule has 0 aromatic heterocycles. The summed E-state index contributed by atoms with van der Waals surface area (Å²) in [5.41, 5.74) is 0.877. The van der Waals surface area contributed by atoms with Crippen LogP contribution in [0.1, 0.15) is 26.3 Å². The molecule has 5 nitrogen and oxygen atoms in total. The van der Waals surface area contributed by atoms with Crippen molar-refractivity contribution in [1.82, 2.24) is 20.4 Å². The summed E-state index contributed by atoms with van der Waals surface area (Å²) in [6.45, 7) is 13.2. The Labute approximate surface area is 157 Å². The Kier molecular flexibility index (Phi) is 8.32. The lowest BCUT2D eigenvalue weighted by atomic mass is 10.0. The normalized spacial score (nSPS) is 18.2. The quantitative estimate of drug-likeness (QED) is 0.575. The molecule has 6 heteroatoms. The van der Waals surface area contributed by atoms with Gasteiger partial charge >= 0.3 is 0 Å². The average Bonchev–Trinajstić information content (AvgIpc) is 2.61. The zero-order valence-electron chi connectivity index (χ0n) is 16.6. The molecule has 1 saturated heterocycles. The van der Waals surface area contributed by atoms with E-state index in [-0.39, 0.29) is 5.82 Å².